The zero-order valence-electron chi connectivity index (χ0n) is 11.4. The quantitative estimate of drug-likeness (QED) is 0.920. The predicted molar refractivity (Wildman–Crippen MR) is 75.0 cm³/mol. The second-order valence-electron chi connectivity index (χ2n) is 4.96. The Labute approximate surface area is 119 Å². The Morgan fingerprint density at radius 2 is 1.95 bits per heavy atom. The molecule has 0 bridgehead atoms. The van der Waals surface area contributed by atoms with Crippen LogP contribution in [0.4, 0.5) is 0 Å². The van der Waals surface area contributed by atoms with Gasteiger partial charge in [-0.1, -0.05) is 19.1 Å². The van der Waals surface area contributed by atoms with Crippen molar-refractivity contribution in [2.45, 2.75) is 43.5 Å². The summed E-state index contributed by atoms with van der Waals surface area (Å²) in [6, 6.07) is 5.71. The number of rotatable bonds is 4. The largest absolute Gasteiger partial charge is 0.480 e. The van der Waals surface area contributed by atoms with Gasteiger partial charge in [0.1, 0.15) is 6.04 Å². The number of sulfonamides is 1. The van der Waals surface area contributed by atoms with Gasteiger partial charge < -0.3 is 5.11 Å². The van der Waals surface area contributed by atoms with E-state index in [1.54, 1.807) is 24.3 Å². The Morgan fingerprint density at radius 3 is 2.50 bits per heavy atom. The fraction of sp³-hybridized carbons (Fsp3) is 0.500. The van der Waals surface area contributed by atoms with Crippen molar-refractivity contribution in [3.63, 3.8) is 0 Å². The van der Waals surface area contributed by atoms with Crippen LogP contribution in [0.15, 0.2) is 29.2 Å². The molecule has 1 atom stereocenters. The third-order valence-electron chi connectivity index (χ3n) is 3.68. The van der Waals surface area contributed by atoms with Crippen LogP contribution in [0, 0.1) is 0 Å². The first-order chi connectivity index (χ1) is 9.46. The molecule has 1 aromatic carbocycles. The smallest absolute Gasteiger partial charge is 0.322 e. The Hall–Kier alpha value is -1.40. The average molecular weight is 297 g/mol. The second-order valence-corrected chi connectivity index (χ2v) is 6.85. The molecular weight excluding hydrogens is 278 g/mol. The molecule has 0 saturated carbocycles. The highest BCUT2D eigenvalue weighted by Gasteiger charge is 2.37. The van der Waals surface area contributed by atoms with E-state index in [1.807, 2.05) is 6.92 Å². The van der Waals surface area contributed by atoms with Gasteiger partial charge in [-0.25, -0.2) is 8.42 Å². The first-order valence-corrected chi connectivity index (χ1v) is 8.24. The number of hydrogen-bond donors (Lipinski definition) is 1. The zero-order valence-corrected chi connectivity index (χ0v) is 12.3. The van der Waals surface area contributed by atoms with Gasteiger partial charge in [0.2, 0.25) is 10.0 Å². The lowest BCUT2D eigenvalue weighted by Crippen LogP contribution is -2.47. The summed E-state index contributed by atoms with van der Waals surface area (Å²) < 4.78 is 26.3. The maximum Gasteiger partial charge on any atom is 0.322 e. The third kappa shape index (κ3) is 2.86. The maximum absolute atomic E-state index is 12.6. The molecule has 0 spiro atoms. The molecule has 5 nitrogen and oxygen atoms in total. The van der Waals surface area contributed by atoms with Crippen molar-refractivity contribution in [1.82, 2.24) is 4.31 Å². The highest BCUT2D eigenvalue weighted by atomic mass is 32.2. The monoisotopic (exact) mass is 297 g/mol. The van der Waals surface area contributed by atoms with Gasteiger partial charge in [-0.2, -0.15) is 4.31 Å². The van der Waals surface area contributed by atoms with Gasteiger partial charge >= 0.3 is 5.97 Å². The number of aryl methyl sites for hydroxylation is 1. The van der Waals surface area contributed by atoms with E-state index in [4.69, 9.17) is 0 Å². The Balaban J connectivity index is 2.34. The molecule has 0 radical (unpaired) electrons. The van der Waals surface area contributed by atoms with Gasteiger partial charge in [-0.15, -0.1) is 0 Å². The second kappa shape index (κ2) is 5.93. The van der Waals surface area contributed by atoms with E-state index in [9.17, 15) is 18.3 Å². The molecule has 1 aliphatic heterocycles. The number of carbonyl (C=O) groups is 1. The molecule has 0 aliphatic carbocycles. The molecule has 0 amide bonds. The summed E-state index contributed by atoms with van der Waals surface area (Å²) in [6.07, 6.45) is 2.66. The molecule has 1 fully saturated rings. The Morgan fingerprint density at radius 1 is 1.30 bits per heavy atom. The minimum atomic E-state index is -3.73. The van der Waals surface area contributed by atoms with Crippen LogP contribution in [0.1, 0.15) is 31.7 Å². The van der Waals surface area contributed by atoms with Crippen molar-refractivity contribution in [3.8, 4) is 0 Å². The summed E-state index contributed by atoms with van der Waals surface area (Å²) in [5.41, 5.74) is 1.05. The lowest BCUT2D eigenvalue weighted by molar-refractivity contribution is -0.142. The lowest BCUT2D eigenvalue weighted by Gasteiger charge is -2.31. The first-order valence-electron chi connectivity index (χ1n) is 6.80. The average Bonchev–Trinajstić information content (AvgIpc) is 2.47. The molecule has 20 heavy (non-hydrogen) atoms. The van der Waals surface area contributed by atoms with Crippen LogP contribution >= 0.6 is 0 Å². The van der Waals surface area contributed by atoms with E-state index in [-0.39, 0.29) is 11.4 Å². The van der Waals surface area contributed by atoms with E-state index in [0.29, 0.717) is 12.8 Å². The van der Waals surface area contributed by atoms with E-state index in [0.717, 1.165) is 22.7 Å². The van der Waals surface area contributed by atoms with Crippen LogP contribution in [0.5, 0.6) is 0 Å². The molecule has 2 rings (SSSR count). The standard InChI is InChI=1S/C14H19NO4S/c1-2-11-6-8-12(9-7-11)20(18,19)15-10-4-3-5-13(15)14(16)17/h6-9,13H,2-5,10H2,1H3,(H,16,17)/t13-/m1/s1. The molecule has 0 aromatic heterocycles. The topological polar surface area (TPSA) is 74.7 Å². The van der Waals surface area contributed by atoms with Crippen molar-refractivity contribution in [1.29, 1.82) is 0 Å². The van der Waals surface area contributed by atoms with Crippen LogP contribution in [0.3, 0.4) is 0 Å². The number of carboxylic acids is 1. The van der Waals surface area contributed by atoms with E-state index >= 15 is 0 Å². The van der Waals surface area contributed by atoms with Crippen molar-refractivity contribution in [2.75, 3.05) is 6.54 Å². The molecule has 6 heteroatoms. The van der Waals surface area contributed by atoms with E-state index in [1.165, 1.54) is 0 Å². The highest BCUT2D eigenvalue weighted by Crippen LogP contribution is 2.25. The molecule has 1 saturated heterocycles. The van der Waals surface area contributed by atoms with Gasteiger partial charge in [0.15, 0.2) is 0 Å². The van der Waals surface area contributed by atoms with E-state index in [2.05, 4.69) is 0 Å². The molecule has 1 aromatic rings. The van der Waals surface area contributed by atoms with Gasteiger partial charge in [0, 0.05) is 6.54 Å². The number of hydrogen-bond acceptors (Lipinski definition) is 3. The Bertz CT molecular complexity index is 580. The zero-order chi connectivity index (χ0) is 14.8. The molecule has 0 unspecified atom stereocenters. The van der Waals surface area contributed by atoms with Crippen molar-refractivity contribution in [2.24, 2.45) is 0 Å². The van der Waals surface area contributed by atoms with Gasteiger partial charge in [-0.05, 0) is 43.4 Å². The van der Waals surface area contributed by atoms with Gasteiger partial charge in [0.25, 0.3) is 0 Å². The number of carboxylic acid groups (broad SMARTS) is 1. The third-order valence-corrected chi connectivity index (χ3v) is 5.60. The van der Waals surface area contributed by atoms with Crippen LogP contribution in [-0.4, -0.2) is 36.4 Å². The summed E-state index contributed by atoms with van der Waals surface area (Å²) >= 11 is 0. The lowest BCUT2D eigenvalue weighted by atomic mass is 10.1. The molecule has 1 heterocycles. The van der Waals surface area contributed by atoms with Crippen LogP contribution in [0.25, 0.3) is 0 Å². The summed E-state index contributed by atoms with van der Waals surface area (Å²) in [4.78, 5) is 11.4. The van der Waals surface area contributed by atoms with Gasteiger partial charge in [-0.3, -0.25) is 4.79 Å². The summed E-state index contributed by atoms with van der Waals surface area (Å²) in [7, 11) is -3.73. The highest BCUT2D eigenvalue weighted by molar-refractivity contribution is 7.89. The summed E-state index contributed by atoms with van der Waals surface area (Å²) in [5.74, 6) is -1.07. The van der Waals surface area contributed by atoms with Gasteiger partial charge in [0.05, 0.1) is 4.90 Å². The molecule has 1 N–H and O–H groups in total. The normalized spacial score (nSPS) is 20.8. The first kappa shape index (κ1) is 15.0. The van der Waals surface area contributed by atoms with Crippen LogP contribution in [-0.2, 0) is 21.2 Å². The van der Waals surface area contributed by atoms with Crippen LogP contribution < -0.4 is 0 Å². The number of piperidine rings is 1. The van der Waals surface area contributed by atoms with E-state index < -0.39 is 22.0 Å². The predicted octanol–water partition coefficient (Wildman–Crippen LogP) is 1.88. The Kier molecular flexibility index (Phi) is 4.45. The number of benzene rings is 1. The minimum absolute atomic E-state index is 0.169. The summed E-state index contributed by atoms with van der Waals surface area (Å²) in [5, 5.41) is 9.19. The number of aliphatic carboxylic acids is 1. The fourth-order valence-electron chi connectivity index (χ4n) is 2.47. The van der Waals surface area contributed by atoms with Crippen molar-refractivity contribution >= 4 is 16.0 Å². The van der Waals surface area contributed by atoms with Crippen molar-refractivity contribution < 1.29 is 18.3 Å². The minimum Gasteiger partial charge on any atom is -0.480 e. The van der Waals surface area contributed by atoms with Crippen molar-refractivity contribution in [3.05, 3.63) is 29.8 Å². The summed E-state index contributed by atoms with van der Waals surface area (Å²) in [6.45, 7) is 2.27. The van der Waals surface area contributed by atoms with Crippen LogP contribution in [0.2, 0.25) is 0 Å². The SMILES string of the molecule is CCc1ccc(S(=O)(=O)N2CCCC[C@@H]2C(=O)O)cc1. The maximum atomic E-state index is 12.6. The molecule has 1 aliphatic rings. The fourth-order valence-corrected chi connectivity index (χ4v) is 4.12. The molecular formula is C14H19NO4S. The molecule has 110 valence electrons. The number of nitrogens with zero attached hydrogens (tertiary/aromatic N) is 1.